The van der Waals surface area contributed by atoms with Gasteiger partial charge in [-0.25, -0.2) is 0 Å². The number of nitro groups is 1. The van der Waals surface area contributed by atoms with Gasteiger partial charge in [0.2, 0.25) is 5.82 Å². The van der Waals surface area contributed by atoms with Crippen molar-refractivity contribution >= 4 is 32.9 Å². The molecular weight excluding hydrogens is 354 g/mol. The van der Waals surface area contributed by atoms with Crippen LogP contribution in [0.5, 0.6) is 0 Å². The van der Waals surface area contributed by atoms with Gasteiger partial charge >= 0.3 is 0 Å². The molecule has 2 rings (SSSR count). The van der Waals surface area contributed by atoms with Gasteiger partial charge in [0.25, 0.3) is 5.69 Å². The second-order valence-corrected chi connectivity index (χ2v) is 5.16. The van der Waals surface area contributed by atoms with Crippen molar-refractivity contribution in [2.75, 3.05) is 5.32 Å². The van der Waals surface area contributed by atoms with Crippen molar-refractivity contribution in [2.45, 2.75) is 13.8 Å². The van der Waals surface area contributed by atoms with Crippen molar-refractivity contribution in [3.63, 3.8) is 0 Å². The molecule has 1 aromatic carbocycles. The van der Waals surface area contributed by atoms with Gasteiger partial charge in [-0.2, -0.15) is 10.5 Å². The van der Waals surface area contributed by atoms with E-state index in [1.165, 1.54) is 12.3 Å². The van der Waals surface area contributed by atoms with Gasteiger partial charge in [0.1, 0.15) is 11.6 Å². The zero-order chi connectivity index (χ0) is 16.3. The van der Waals surface area contributed by atoms with Gasteiger partial charge in [0, 0.05) is 22.3 Å². The van der Waals surface area contributed by atoms with Crippen molar-refractivity contribution in [3.05, 3.63) is 43.8 Å². The number of halogens is 1. The predicted octanol–water partition coefficient (Wildman–Crippen LogP) is 2.46. The third-order valence-electron chi connectivity index (χ3n) is 3.09. The molecule has 2 aromatic rings. The summed E-state index contributed by atoms with van der Waals surface area (Å²) in [5.74, 6) is 0.155. The zero-order valence-corrected chi connectivity index (χ0v) is 13.2. The van der Waals surface area contributed by atoms with E-state index in [0.717, 1.165) is 0 Å². The SMILES string of the molecule is Cc1c([N+](=O)[O-])cc(Br)c(NC=C(C#N)c2nn[nH]n2)c1C. The van der Waals surface area contributed by atoms with Crippen LogP contribution in [0.3, 0.4) is 0 Å². The van der Waals surface area contributed by atoms with E-state index in [9.17, 15) is 10.1 Å². The van der Waals surface area contributed by atoms with E-state index >= 15 is 0 Å². The first-order valence-corrected chi connectivity index (χ1v) is 6.79. The Morgan fingerprint density at radius 3 is 2.82 bits per heavy atom. The summed E-state index contributed by atoms with van der Waals surface area (Å²) < 4.78 is 0.518. The molecule has 0 saturated heterocycles. The number of H-pyrrole nitrogens is 1. The fourth-order valence-corrected chi connectivity index (χ4v) is 2.42. The van der Waals surface area contributed by atoms with Crippen LogP contribution in [0.2, 0.25) is 0 Å². The third kappa shape index (κ3) is 2.94. The number of anilines is 1. The first kappa shape index (κ1) is 15.6. The summed E-state index contributed by atoms with van der Waals surface area (Å²) in [5.41, 5.74) is 2.07. The molecule has 0 bridgehead atoms. The van der Waals surface area contributed by atoms with Crippen LogP contribution < -0.4 is 5.32 Å². The Morgan fingerprint density at radius 2 is 2.27 bits per heavy atom. The molecule has 112 valence electrons. The highest BCUT2D eigenvalue weighted by Crippen LogP contribution is 2.35. The molecule has 2 N–H and O–H groups in total. The number of rotatable bonds is 4. The molecule has 1 aromatic heterocycles. The molecule has 10 heteroatoms. The number of aromatic nitrogens is 4. The Kier molecular flexibility index (Phi) is 4.47. The molecular formula is C12H10BrN7O2. The lowest BCUT2D eigenvalue weighted by Crippen LogP contribution is -2.01. The average molecular weight is 364 g/mol. The second-order valence-electron chi connectivity index (χ2n) is 4.31. The topological polar surface area (TPSA) is 133 Å². The van der Waals surface area contributed by atoms with Crippen molar-refractivity contribution in [2.24, 2.45) is 0 Å². The van der Waals surface area contributed by atoms with Gasteiger partial charge < -0.3 is 5.32 Å². The number of nitrogens with zero attached hydrogens (tertiary/aromatic N) is 5. The first-order valence-electron chi connectivity index (χ1n) is 6.00. The second kappa shape index (κ2) is 6.31. The molecule has 0 saturated carbocycles. The summed E-state index contributed by atoms with van der Waals surface area (Å²) in [6, 6.07) is 3.36. The maximum atomic E-state index is 11.0. The summed E-state index contributed by atoms with van der Waals surface area (Å²) in [7, 11) is 0. The quantitative estimate of drug-likeness (QED) is 0.483. The Hall–Kier alpha value is -2.80. The molecule has 0 aliphatic carbocycles. The molecule has 0 aliphatic heterocycles. The van der Waals surface area contributed by atoms with E-state index in [2.05, 4.69) is 41.9 Å². The fraction of sp³-hybridized carbons (Fsp3) is 0.167. The number of nitrogens with one attached hydrogen (secondary N) is 2. The number of nitro benzene ring substituents is 1. The lowest BCUT2D eigenvalue weighted by Gasteiger charge is -2.11. The van der Waals surface area contributed by atoms with Crippen LogP contribution in [0.15, 0.2) is 16.7 Å². The van der Waals surface area contributed by atoms with E-state index in [0.29, 0.717) is 21.3 Å². The maximum Gasteiger partial charge on any atom is 0.273 e. The standard InChI is InChI=1S/C12H10BrN7O2/c1-6-7(2)11(9(13)3-10(6)20(21)22)15-5-8(4-14)12-16-18-19-17-12/h3,5,15H,1-2H3,(H,16,17,18,19). The number of benzene rings is 1. The first-order chi connectivity index (χ1) is 10.5. The van der Waals surface area contributed by atoms with Gasteiger partial charge in [-0.05, 0) is 40.6 Å². The minimum atomic E-state index is -0.438. The normalized spacial score (nSPS) is 11.1. The summed E-state index contributed by atoms with van der Waals surface area (Å²) >= 11 is 3.29. The summed E-state index contributed by atoms with van der Waals surface area (Å²) in [4.78, 5) is 10.5. The number of tetrazole rings is 1. The van der Waals surface area contributed by atoms with E-state index < -0.39 is 4.92 Å². The largest absolute Gasteiger partial charge is 0.359 e. The smallest absolute Gasteiger partial charge is 0.273 e. The molecule has 0 radical (unpaired) electrons. The Morgan fingerprint density at radius 1 is 1.55 bits per heavy atom. The number of aromatic amines is 1. The highest BCUT2D eigenvalue weighted by atomic mass is 79.9. The summed E-state index contributed by atoms with van der Waals surface area (Å²) in [6.45, 7) is 3.42. The van der Waals surface area contributed by atoms with E-state index in [1.807, 2.05) is 6.07 Å². The third-order valence-corrected chi connectivity index (χ3v) is 3.71. The van der Waals surface area contributed by atoms with Gasteiger partial charge in [-0.15, -0.1) is 10.2 Å². The van der Waals surface area contributed by atoms with Crippen LogP contribution in [-0.2, 0) is 0 Å². The Labute approximate surface area is 133 Å². The van der Waals surface area contributed by atoms with Crippen LogP contribution in [-0.4, -0.2) is 25.5 Å². The minimum Gasteiger partial charge on any atom is -0.359 e. The van der Waals surface area contributed by atoms with E-state index in [4.69, 9.17) is 5.26 Å². The molecule has 0 amide bonds. The van der Waals surface area contributed by atoms with Crippen molar-refractivity contribution in [1.29, 1.82) is 5.26 Å². The average Bonchev–Trinajstić information content (AvgIpc) is 3.00. The number of hydrogen-bond donors (Lipinski definition) is 2. The maximum absolute atomic E-state index is 11.0. The van der Waals surface area contributed by atoms with Crippen molar-refractivity contribution < 1.29 is 4.92 Å². The molecule has 0 spiro atoms. The van der Waals surface area contributed by atoms with Gasteiger partial charge in [0.05, 0.1) is 10.6 Å². The molecule has 9 nitrogen and oxygen atoms in total. The Balaban J connectivity index is 2.41. The van der Waals surface area contributed by atoms with Crippen LogP contribution in [0.25, 0.3) is 5.57 Å². The monoisotopic (exact) mass is 363 g/mol. The van der Waals surface area contributed by atoms with Crippen LogP contribution in [0, 0.1) is 35.3 Å². The number of nitriles is 1. The number of hydrogen-bond acceptors (Lipinski definition) is 7. The molecule has 22 heavy (non-hydrogen) atoms. The van der Waals surface area contributed by atoms with Gasteiger partial charge in [-0.3, -0.25) is 10.1 Å². The molecule has 0 atom stereocenters. The highest BCUT2D eigenvalue weighted by Gasteiger charge is 2.18. The minimum absolute atomic E-state index is 0.0255. The lowest BCUT2D eigenvalue weighted by atomic mass is 10.1. The summed E-state index contributed by atoms with van der Waals surface area (Å²) in [5, 5.41) is 36.1. The molecule has 0 fully saturated rings. The molecule has 1 heterocycles. The van der Waals surface area contributed by atoms with Crippen molar-refractivity contribution in [1.82, 2.24) is 20.6 Å². The van der Waals surface area contributed by atoms with Crippen LogP contribution >= 0.6 is 15.9 Å². The predicted molar refractivity (Wildman–Crippen MR) is 81.7 cm³/mol. The van der Waals surface area contributed by atoms with Crippen molar-refractivity contribution in [3.8, 4) is 6.07 Å². The van der Waals surface area contributed by atoms with E-state index in [1.54, 1.807) is 13.8 Å². The number of allylic oxidation sites excluding steroid dienone is 1. The molecule has 0 unspecified atom stereocenters. The highest BCUT2D eigenvalue weighted by molar-refractivity contribution is 9.10. The van der Waals surface area contributed by atoms with Crippen LogP contribution in [0.1, 0.15) is 17.0 Å². The fourth-order valence-electron chi connectivity index (χ4n) is 1.79. The van der Waals surface area contributed by atoms with Gasteiger partial charge in [-0.1, -0.05) is 0 Å². The van der Waals surface area contributed by atoms with Crippen LogP contribution in [0.4, 0.5) is 11.4 Å². The lowest BCUT2D eigenvalue weighted by molar-refractivity contribution is -0.385. The zero-order valence-electron chi connectivity index (χ0n) is 11.6. The summed E-state index contributed by atoms with van der Waals surface area (Å²) in [6.07, 6.45) is 1.42. The molecule has 0 aliphatic rings. The Bertz CT molecular complexity index is 793. The van der Waals surface area contributed by atoms with Gasteiger partial charge in [0.15, 0.2) is 0 Å². The van der Waals surface area contributed by atoms with E-state index in [-0.39, 0.29) is 17.1 Å².